The molecule has 0 spiro atoms. The molecule has 5 rings (SSSR count). The number of amides is 1. The van der Waals surface area contributed by atoms with Gasteiger partial charge in [-0.3, -0.25) is 14.8 Å². The molecule has 1 atom stereocenters. The summed E-state index contributed by atoms with van der Waals surface area (Å²) in [5.41, 5.74) is 3.26. The first-order valence-electron chi connectivity index (χ1n) is 9.95. The lowest BCUT2D eigenvalue weighted by Gasteiger charge is -2.28. The number of nitrogens with one attached hydrogen (secondary N) is 2. The molecular formula is C23H19N7O2. The van der Waals surface area contributed by atoms with Crippen molar-refractivity contribution in [1.29, 1.82) is 0 Å². The van der Waals surface area contributed by atoms with E-state index in [-0.39, 0.29) is 11.7 Å². The number of fused-ring (bicyclic) bond motifs is 1. The van der Waals surface area contributed by atoms with E-state index in [1.165, 1.54) is 0 Å². The van der Waals surface area contributed by atoms with Crippen LogP contribution in [0.2, 0.25) is 0 Å². The van der Waals surface area contributed by atoms with Gasteiger partial charge in [-0.2, -0.15) is 4.98 Å². The number of anilines is 2. The van der Waals surface area contributed by atoms with Crippen LogP contribution < -0.4 is 10.6 Å². The Balaban J connectivity index is 1.60. The first-order chi connectivity index (χ1) is 15.6. The quantitative estimate of drug-likeness (QED) is 0.459. The molecular weight excluding hydrogens is 406 g/mol. The first kappa shape index (κ1) is 19.4. The molecule has 1 aromatic carbocycles. The Morgan fingerprint density at radius 1 is 1.09 bits per heavy atom. The number of phenolic OH excluding ortho intramolecular Hbond substituents is 1. The number of allylic oxidation sites excluding steroid dienone is 1. The predicted octanol–water partition coefficient (Wildman–Crippen LogP) is 3.37. The molecule has 3 aromatic heterocycles. The fraction of sp³-hybridized carbons (Fsp3) is 0.0870. The largest absolute Gasteiger partial charge is 0.508 e. The van der Waals surface area contributed by atoms with E-state index in [1.54, 1.807) is 59.8 Å². The van der Waals surface area contributed by atoms with Crippen LogP contribution in [0.1, 0.15) is 18.5 Å². The van der Waals surface area contributed by atoms with Gasteiger partial charge in [-0.05, 0) is 48.9 Å². The average Bonchev–Trinajstić information content (AvgIpc) is 3.23. The van der Waals surface area contributed by atoms with Crippen LogP contribution in [0.4, 0.5) is 11.6 Å². The lowest BCUT2D eigenvalue weighted by Crippen LogP contribution is -2.31. The van der Waals surface area contributed by atoms with Crippen LogP contribution in [0.25, 0.3) is 11.4 Å². The number of pyridine rings is 2. The van der Waals surface area contributed by atoms with E-state index < -0.39 is 6.04 Å². The Hall–Kier alpha value is -4.53. The van der Waals surface area contributed by atoms with Crippen LogP contribution >= 0.6 is 0 Å². The lowest BCUT2D eigenvalue weighted by molar-refractivity contribution is -0.113. The van der Waals surface area contributed by atoms with E-state index in [0.29, 0.717) is 34.3 Å². The zero-order valence-electron chi connectivity index (χ0n) is 17.1. The number of carbonyl (C=O) groups excluding carboxylic acids is 1. The molecule has 4 heterocycles. The van der Waals surface area contributed by atoms with Gasteiger partial charge in [0.05, 0.1) is 17.5 Å². The van der Waals surface area contributed by atoms with Gasteiger partial charge < -0.3 is 15.7 Å². The van der Waals surface area contributed by atoms with E-state index >= 15 is 0 Å². The van der Waals surface area contributed by atoms with E-state index in [9.17, 15) is 9.90 Å². The van der Waals surface area contributed by atoms with E-state index in [2.05, 4.69) is 30.7 Å². The monoisotopic (exact) mass is 425 g/mol. The summed E-state index contributed by atoms with van der Waals surface area (Å²) in [5, 5.41) is 20.6. The standard InChI is InChI=1S/C23H19N7O2/c1-14-19(22(32)27-17-5-3-9-25-13-17)20(15-7-10-24-11-8-15)30-23(26-14)28-21(29-30)16-4-2-6-18(31)12-16/h2-13,20,31H,1H3,(H,27,32)(H,26,28,29). The molecule has 158 valence electrons. The molecule has 0 saturated carbocycles. The Labute approximate surface area is 183 Å². The van der Waals surface area contributed by atoms with Gasteiger partial charge in [0, 0.05) is 29.9 Å². The predicted molar refractivity (Wildman–Crippen MR) is 119 cm³/mol. The van der Waals surface area contributed by atoms with Crippen LogP contribution in [0.5, 0.6) is 5.75 Å². The summed E-state index contributed by atoms with van der Waals surface area (Å²) in [6.07, 6.45) is 6.59. The normalized spacial score (nSPS) is 15.1. The SMILES string of the molecule is CC1=C(C(=O)Nc2cccnc2)C(c2ccncc2)n2nc(-c3cccc(O)c3)nc2N1. The molecule has 1 aliphatic heterocycles. The van der Waals surface area contributed by atoms with E-state index in [0.717, 1.165) is 5.56 Å². The molecule has 0 radical (unpaired) electrons. The van der Waals surface area contributed by atoms with Crippen LogP contribution in [-0.2, 0) is 4.79 Å². The number of hydrogen-bond acceptors (Lipinski definition) is 7. The number of phenols is 1. The summed E-state index contributed by atoms with van der Waals surface area (Å²) in [6.45, 7) is 1.83. The second-order valence-corrected chi connectivity index (χ2v) is 7.30. The minimum Gasteiger partial charge on any atom is -0.508 e. The van der Waals surface area contributed by atoms with Crippen molar-refractivity contribution in [3.05, 3.63) is 90.2 Å². The summed E-state index contributed by atoms with van der Waals surface area (Å²) in [4.78, 5) is 26.1. The smallest absolute Gasteiger partial charge is 0.255 e. The number of aromatic hydroxyl groups is 1. The van der Waals surface area contributed by atoms with Gasteiger partial charge in [-0.15, -0.1) is 5.10 Å². The zero-order chi connectivity index (χ0) is 22.1. The van der Waals surface area contributed by atoms with Crippen LogP contribution in [0.15, 0.2) is 84.6 Å². The maximum atomic E-state index is 13.3. The third-order valence-corrected chi connectivity index (χ3v) is 5.14. The number of hydrogen-bond donors (Lipinski definition) is 3. The number of rotatable bonds is 4. The Bertz CT molecular complexity index is 1320. The highest BCUT2D eigenvalue weighted by molar-refractivity contribution is 6.05. The molecule has 9 heteroatoms. The molecule has 1 aliphatic rings. The van der Waals surface area contributed by atoms with Crippen LogP contribution in [0, 0.1) is 0 Å². The minimum absolute atomic E-state index is 0.125. The van der Waals surface area contributed by atoms with Crippen molar-refractivity contribution in [2.45, 2.75) is 13.0 Å². The van der Waals surface area contributed by atoms with Crippen molar-refractivity contribution < 1.29 is 9.90 Å². The van der Waals surface area contributed by atoms with E-state index in [1.807, 2.05) is 25.1 Å². The average molecular weight is 425 g/mol. The summed E-state index contributed by atoms with van der Waals surface area (Å²) >= 11 is 0. The molecule has 9 nitrogen and oxygen atoms in total. The van der Waals surface area contributed by atoms with Gasteiger partial charge in [0.25, 0.3) is 5.91 Å². The third-order valence-electron chi connectivity index (χ3n) is 5.14. The number of carbonyl (C=O) groups is 1. The van der Waals surface area contributed by atoms with Gasteiger partial charge in [0.1, 0.15) is 11.8 Å². The molecule has 32 heavy (non-hydrogen) atoms. The summed E-state index contributed by atoms with van der Waals surface area (Å²) in [7, 11) is 0. The molecule has 3 N–H and O–H groups in total. The van der Waals surface area contributed by atoms with E-state index in [4.69, 9.17) is 0 Å². The molecule has 4 aromatic rings. The Morgan fingerprint density at radius 3 is 2.69 bits per heavy atom. The highest BCUT2D eigenvalue weighted by Crippen LogP contribution is 2.36. The summed E-state index contributed by atoms with van der Waals surface area (Å²) < 4.78 is 1.68. The van der Waals surface area contributed by atoms with Crippen molar-refractivity contribution in [2.24, 2.45) is 0 Å². The topological polar surface area (TPSA) is 118 Å². The van der Waals surface area contributed by atoms with Gasteiger partial charge in [0.15, 0.2) is 5.82 Å². The summed E-state index contributed by atoms with van der Waals surface area (Å²) in [6, 6.07) is 13.4. The second kappa shape index (κ2) is 7.95. The molecule has 1 unspecified atom stereocenters. The third kappa shape index (κ3) is 3.56. The van der Waals surface area contributed by atoms with Gasteiger partial charge in [0.2, 0.25) is 5.95 Å². The molecule has 1 amide bonds. The van der Waals surface area contributed by atoms with Crippen molar-refractivity contribution in [3.8, 4) is 17.1 Å². The molecule has 0 fully saturated rings. The minimum atomic E-state index is -0.524. The van der Waals surface area contributed by atoms with Crippen molar-refractivity contribution in [1.82, 2.24) is 24.7 Å². The maximum absolute atomic E-state index is 13.3. The molecule has 0 saturated heterocycles. The van der Waals surface area contributed by atoms with Crippen LogP contribution in [-0.4, -0.2) is 35.7 Å². The number of aromatic nitrogens is 5. The molecule has 0 bridgehead atoms. The summed E-state index contributed by atoms with van der Waals surface area (Å²) in [5.74, 6) is 0.786. The Kier molecular flexibility index (Phi) is 4.83. The highest BCUT2D eigenvalue weighted by Gasteiger charge is 2.34. The first-order valence-corrected chi connectivity index (χ1v) is 9.95. The van der Waals surface area contributed by atoms with Gasteiger partial charge in [-0.25, -0.2) is 4.68 Å². The van der Waals surface area contributed by atoms with Crippen LogP contribution in [0.3, 0.4) is 0 Å². The second-order valence-electron chi connectivity index (χ2n) is 7.30. The lowest BCUT2D eigenvalue weighted by atomic mass is 9.96. The van der Waals surface area contributed by atoms with Gasteiger partial charge >= 0.3 is 0 Å². The zero-order valence-corrected chi connectivity index (χ0v) is 17.1. The Morgan fingerprint density at radius 2 is 1.94 bits per heavy atom. The van der Waals surface area contributed by atoms with Crippen molar-refractivity contribution >= 4 is 17.5 Å². The molecule has 0 aliphatic carbocycles. The number of nitrogens with zero attached hydrogens (tertiary/aromatic N) is 5. The fourth-order valence-corrected chi connectivity index (χ4v) is 3.70. The van der Waals surface area contributed by atoms with Gasteiger partial charge in [-0.1, -0.05) is 12.1 Å². The highest BCUT2D eigenvalue weighted by atomic mass is 16.3. The van der Waals surface area contributed by atoms with Crippen molar-refractivity contribution in [3.63, 3.8) is 0 Å². The fourth-order valence-electron chi connectivity index (χ4n) is 3.70. The van der Waals surface area contributed by atoms with Crippen molar-refractivity contribution in [2.75, 3.05) is 10.6 Å². The maximum Gasteiger partial charge on any atom is 0.255 e. The number of benzene rings is 1.